The Morgan fingerprint density at radius 3 is 2.81 bits per heavy atom. The van der Waals surface area contributed by atoms with E-state index in [0.29, 0.717) is 28.4 Å². The zero-order valence-corrected chi connectivity index (χ0v) is 16.0. The van der Waals surface area contributed by atoms with E-state index in [9.17, 15) is 0 Å². The van der Waals surface area contributed by atoms with Crippen LogP contribution in [0.4, 0.5) is 0 Å². The quantitative estimate of drug-likeness (QED) is 0.595. The monoisotopic (exact) mass is 375 g/mol. The lowest BCUT2D eigenvalue weighted by molar-refractivity contribution is 0.374. The van der Waals surface area contributed by atoms with Gasteiger partial charge in [-0.15, -0.1) is 5.10 Å². The van der Waals surface area contributed by atoms with Gasteiger partial charge in [0.15, 0.2) is 11.6 Å². The van der Waals surface area contributed by atoms with E-state index in [1.54, 1.807) is 20.3 Å². The first-order valence-corrected chi connectivity index (χ1v) is 9.16. The molecule has 8 nitrogen and oxygen atoms in total. The van der Waals surface area contributed by atoms with E-state index in [1.807, 2.05) is 19.1 Å². The number of hydrogen-bond donors (Lipinski definition) is 1. The van der Waals surface area contributed by atoms with E-state index in [1.165, 1.54) is 11.8 Å². The van der Waals surface area contributed by atoms with Gasteiger partial charge in [0.25, 0.3) is 0 Å². The Bertz CT molecular complexity index is 864. The highest BCUT2D eigenvalue weighted by molar-refractivity contribution is 7.99. The third-order valence-electron chi connectivity index (χ3n) is 3.72. The third-order valence-corrected chi connectivity index (χ3v) is 4.66. The van der Waals surface area contributed by atoms with Gasteiger partial charge in [-0.3, -0.25) is 5.10 Å². The zero-order chi connectivity index (χ0) is 18.5. The van der Waals surface area contributed by atoms with Crippen LogP contribution in [0.2, 0.25) is 0 Å². The topological polar surface area (TPSA) is 99.0 Å². The number of thioether (sulfide) groups is 1. The van der Waals surface area contributed by atoms with Gasteiger partial charge < -0.3 is 14.0 Å². The fourth-order valence-electron chi connectivity index (χ4n) is 2.38. The Balaban J connectivity index is 1.75. The highest BCUT2D eigenvalue weighted by Crippen LogP contribution is 2.35. The molecule has 1 aromatic carbocycles. The van der Waals surface area contributed by atoms with Gasteiger partial charge in [0.05, 0.1) is 25.0 Å². The lowest BCUT2D eigenvalue weighted by Gasteiger charge is -2.07. The Morgan fingerprint density at radius 1 is 1.23 bits per heavy atom. The first-order valence-electron chi connectivity index (χ1n) is 8.28. The van der Waals surface area contributed by atoms with Crippen LogP contribution in [0.25, 0.3) is 11.4 Å². The molecule has 0 spiro atoms. The van der Waals surface area contributed by atoms with E-state index < -0.39 is 0 Å². The van der Waals surface area contributed by atoms with Crippen molar-refractivity contribution < 1.29 is 14.0 Å². The van der Waals surface area contributed by atoms with Gasteiger partial charge in [-0.05, 0) is 25.5 Å². The van der Waals surface area contributed by atoms with Crippen molar-refractivity contribution in [2.24, 2.45) is 0 Å². The molecule has 2 heterocycles. The molecule has 3 rings (SSSR count). The summed E-state index contributed by atoms with van der Waals surface area (Å²) in [5, 5.41) is 11.8. The Morgan fingerprint density at radius 2 is 2.08 bits per heavy atom. The van der Waals surface area contributed by atoms with Crippen LogP contribution < -0.4 is 9.47 Å². The molecule has 0 aliphatic carbocycles. The summed E-state index contributed by atoms with van der Waals surface area (Å²) in [5.74, 6) is 3.30. The number of rotatable bonds is 8. The largest absolute Gasteiger partial charge is 0.497 e. The summed E-state index contributed by atoms with van der Waals surface area (Å²) in [7, 11) is 3.22. The first kappa shape index (κ1) is 18.2. The molecule has 0 aliphatic rings. The van der Waals surface area contributed by atoms with Crippen LogP contribution in [-0.2, 0) is 6.42 Å². The van der Waals surface area contributed by atoms with Crippen LogP contribution in [0.1, 0.15) is 37.2 Å². The smallest absolute Gasteiger partial charge is 0.239 e. The molecule has 0 saturated heterocycles. The average molecular weight is 375 g/mol. The minimum atomic E-state index is -0.0467. The molecule has 3 aromatic rings. The summed E-state index contributed by atoms with van der Waals surface area (Å²) in [5.41, 5.74) is 0.809. The standard InChI is InChI=1S/C17H21N5O3S/c1-5-6-14-18-16(25-22-14)10(2)26-17-19-15(20-21-17)12-8-7-11(23-3)9-13(12)24-4/h7-10H,5-6H2,1-4H3,(H,19,20,21). The molecule has 0 radical (unpaired) electrons. The van der Waals surface area contributed by atoms with Gasteiger partial charge in [0.1, 0.15) is 11.5 Å². The zero-order valence-electron chi connectivity index (χ0n) is 15.1. The van der Waals surface area contributed by atoms with Crippen molar-refractivity contribution in [3.05, 3.63) is 29.9 Å². The van der Waals surface area contributed by atoms with E-state index in [4.69, 9.17) is 14.0 Å². The lowest BCUT2D eigenvalue weighted by atomic mass is 10.2. The number of nitrogens with one attached hydrogen (secondary N) is 1. The van der Waals surface area contributed by atoms with Crippen LogP contribution in [0.15, 0.2) is 27.9 Å². The fourth-order valence-corrected chi connectivity index (χ4v) is 3.14. The summed E-state index contributed by atoms with van der Waals surface area (Å²) in [4.78, 5) is 8.95. The number of methoxy groups -OCH3 is 2. The highest BCUT2D eigenvalue weighted by Gasteiger charge is 2.19. The van der Waals surface area contributed by atoms with Crippen molar-refractivity contribution >= 4 is 11.8 Å². The van der Waals surface area contributed by atoms with E-state index >= 15 is 0 Å². The minimum Gasteiger partial charge on any atom is -0.497 e. The maximum absolute atomic E-state index is 5.42. The second-order valence-corrected chi connectivity index (χ2v) is 6.90. The summed E-state index contributed by atoms with van der Waals surface area (Å²) < 4.78 is 16.0. The van der Waals surface area contributed by atoms with Crippen molar-refractivity contribution in [3.63, 3.8) is 0 Å². The summed E-state index contributed by atoms with van der Waals surface area (Å²) >= 11 is 1.45. The van der Waals surface area contributed by atoms with Crippen molar-refractivity contribution in [3.8, 4) is 22.9 Å². The molecule has 1 N–H and O–H groups in total. The molecule has 0 bridgehead atoms. The first-order chi connectivity index (χ1) is 12.6. The van der Waals surface area contributed by atoms with Crippen LogP contribution in [-0.4, -0.2) is 39.5 Å². The molecular weight excluding hydrogens is 354 g/mol. The molecular formula is C17H21N5O3S. The number of aryl methyl sites for hydroxylation is 1. The number of ether oxygens (including phenoxy) is 2. The van der Waals surface area contributed by atoms with Crippen molar-refractivity contribution in [2.75, 3.05) is 14.2 Å². The van der Waals surface area contributed by atoms with E-state index in [-0.39, 0.29) is 5.25 Å². The van der Waals surface area contributed by atoms with Gasteiger partial charge in [0, 0.05) is 12.5 Å². The number of benzene rings is 1. The summed E-state index contributed by atoms with van der Waals surface area (Å²) in [6.07, 6.45) is 1.79. The van der Waals surface area contributed by atoms with Crippen molar-refractivity contribution in [1.29, 1.82) is 0 Å². The van der Waals surface area contributed by atoms with Gasteiger partial charge in [-0.1, -0.05) is 23.8 Å². The van der Waals surface area contributed by atoms with Gasteiger partial charge >= 0.3 is 0 Å². The normalized spacial score (nSPS) is 12.2. The molecule has 138 valence electrons. The Labute approximate surface area is 155 Å². The molecule has 9 heteroatoms. The number of aromatic amines is 1. The van der Waals surface area contributed by atoms with E-state index in [0.717, 1.165) is 24.2 Å². The summed E-state index contributed by atoms with van der Waals surface area (Å²) in [6.45, 7) is 4.06. The van der Waals surface area contributed by atoms with Gasteiger partial charge in [-0.25, -0.2) is 4.98 Å². The predicted octanol–water partition coefficient (Wildman–Crippen LogP) is 3.68. The minimum absolute atomic E-state index is 0.0467. The maximum Gasteiger partial charge on any atom is 0.239 e. The SMILES string of the molecule is CCCc1noc(C(C)Sc2n[nH]c(-c3ccc(OC)cc3OC)n2)n1. The Hall–Kier alpha value is -2.55. The number of hydrogen-bond acceptors (Lipinski definition) is 8. The average Bonchev–Trinajstić information content (AvgIpc) is 3.31. The predicted molar refractivity (Wildman–Crippen MR) is 97.5 cm³/mol. The van der Waals surface area contributed by atoms with Crippen LogP contribution in [0.5, 0.6) is 11.5 Å². The summed E-state index contributed by atoms with van der Waals surface area (Å²) in [6, 6.07) is 5.54. The second kappa shape index (κ2) is 8.22. The number of H-pyrrole nitrogens is 1. The van der Waals surface area contributed by atoms with Crippen molar-refractivity contribution in [1.82, 2.24) is 25.3 Å². The maximum atomic E-state index is 5.42. The molecule has 2 aromatic heterocycles. The molecule has 0 fully saturated rings. The van der Waals surface area contributed by atoms with Crippen molar-refractivity contribution in [2.45, 2.75) is 37.1 Å². The number of aromatic nitrogens is 5. The van der Waals surface area contributed by atoms with Gasteiger partial charge in [-0.2, -0.15) is 4.98 Å². The number of nitrogens with zero attached hydrogens (tertiary/aromatic N) is 4. The fraction of sp³-hybridized carbons (Fsp3) is 0.412. The van der Waals surface area contributed by atoms with E-state index in [2.05, 4.69) is 32.2 Å². The Kier molecular flexibility index (Phi) is 5.77. The molecule has 0 amide bonds. The van der Waals surface area contributed by atoms with Crippen LogP contribution in [0.3, 0.4) is 0 Å². The second-order valence-electron chi connectivity index (χ2n) is 5.59. The molecule has 0 aliphatic heterocycles. The molecule has 1 atom stereocenters. The van der Waals surface area contributed by atoms with Gasteiger partial charge in [0.2, 0.25) is 11.0 Å². The highest BCUT2D eigenvalue weighted by atomic mass is 32.2. The third kappa shape index (κ3) is 3.98. The van der Waals surface area contributed by atoms with Crippen LogP contribution in [0, 0.1) is 0 Å². The molecule has 1 unspecified atom stereocenters. The lowest BCUT2D eigenvalue weighted by Crippen LogP contribution is -1.92. The van der Waals surface area contributed by atoms with Crippen LogP contribution >= 0.6 is 11.8 Å². The molecule has 0 saturated carbocycles. The molecule has 26 heavy (non-hydrogen) atoms.